The summed E-state index contributed by atoms with van der Waals surface area (Å²) in [5.74, 6) is 0. The fourth-order valence-electron chi connectivity index (χ4n) is 4.60. The fourth-order valence-corrected chi connectivity index (χ4v) is 4.60. The third-order valence-electron chi connectivity index (χ3n) is 6.17. The van der Waals surface area contributed by atoms with Gasteiger partial charge in [-0.1, -0.05) is 0 Å². The predicted molar refractivity (Wildman–Crippen MR) is 110 cm³/mol. The second kappa shape index (κ2) is 7.91. The summed E-state index contributed by atoms with van der Waals surface area (Å²) in [5, 5.41) is 9.23. The highest BCUT2D eigenvalue weighted by Crippen LogP contribution is 2.25. The van der Waals surface area contributed by atoms with Gasteiger partial charge in [0.05, 0.1) is 18.4 Å². The van der Waals surface area contributed by atoms with E-state index in [0.717, 1.165) is 50.2 Å². The van der Waals surface area contributed by atoms with Crippen LogP contribution in [0.25, 0.3) is 11.3 Å². The molecule has 1 saturated heterocycles. The molecule has 0 aromatic carbocycles. The SMILES string of the molecule is O=c1ccc(-c2ccncc2)nn1CC1CCCN1Cc1cnn2c1CCCC2. The number of pyridine rings is 1. The van der Waals surface area contributed by atoms with Crippen LogP contribution in [0.5, 0.6) is 0 Å². The molecule has 1 unspecified atom stereocenters. The van der Waals surface area contributed by atoms with Gasteiger partial charge in [0, 0.05) is 54.4 Å². The first kappa shape index (κ1) is 18.2. The second-order valence-electron chi connectivity index (χ2n) is 8.04. The largest absolute Gasteiger partial charge is 0.294 e. The van der Waals surface area contributed by atoms with Gasteiger partial charge in [-0.25, -0.2) is 4.68 Å². The molecule has 0 N–H and O–H groups in total. The van der Waals surface area contributed by atoms with Crippen molar-refractivity contribution in [2.75, 3.05) is 6.54 Å². The first-order valence-electron chi connectivity index (χ1n) is 10.5. The molecule has 0 saturated carbocycles. The zero-order chi connectivity index (χ0) is 19.6. The number of nitrogens with zero attached hydrogens (tertiary/aromatic N) is 6. The molecule has 3 aromatic rings. The quantitative estimate of drug-likeness (QED) is 0.670. The van der Waals surface area contributed by atoms with E-state index in [1.165, 1.54) is 24.1 Å². The standard InChI is InChI=1S/C22H26N6O/c29-22-7-6-20(17-8-10-23-11-9-17)25-28(22)16-19-4-3-12-26(19)15-18-14-24-27-13-2-1-5-21(18)27/h6-11,14,19H,1-5,12-13,15-16H2. The number of aryl methyl sites for hydroxylation is 1. The second-order valence-corrected chi connectivity index (χ2v) is 8.04. The highest BCUT2D eigenvalue weighted by Gasteiger charge is 2.27. The van der Waals surface area contributed by atoms with Gasteiger partial charge < -0.3 is 0 Å². The third kappa shape index (κ3) is 3.74. The summed E-state index contributed by atoms with van der Waals surface area (Å²) < 4.78 is 3.81. The van der Waals surface area contributed by atoms with Gasteiger partial charge in [0.1, 0.15) is 0 Å². The van der Waals surface area contributed by atoms with Crippen LogP contribution in [0.2, 0.25) is 0 Å². The van der Waals surface area contributed by atoms with E-state index in [9.17, 15) is 4.79 Å². The maximum absolute atomic E-state index is 12.5. The number of aromatic nitrogens is 5. The Morgan fingerprint density at radius 2 is 1.93 bits per heavy atom. The predicted octanol–water partition coefficient (Wildman–Crippen LogP) is 2.50. The summed E-state index contributed by atoms with van der Waals surface area (Å²) in [6, 6.07) is 7.58. The first-order chi connectivity index (χ1) is 14.3. The van der Waals surface area contributed by atoms with Crippen LogP contribution in [0.15, 0.2) is 47.7 Å². The lowest BCUT2D eigenvalue weighted by Crippen LogP contribution is -2.36. The molecule has 5 rings (SSSR count). The summed E-state index contributed by atoms with van der Waals surface area (Å²) in [4.78, 5) is 19.0. The lowest BCUT2D eigenvalue weighted by atomic mass is 10.1. The Morgan fingerprint density at radius 1 is 1.03 bits per heavy atom. The van der Waals surface area contributed by atoms with Crippen LogP contribution in [0.3, 0.4) is 0 Å². The van der Waals surface area contributed by atoms with E-state index in [-0.39, 0.29) is 5.56 Å². The molecule has 5 heterocycles. The molecule has 150 valence electrons. The normalized spacial score (nSPS) is 19.4. The topological polar surface area (TPSA) is 68.8 Å². The van der Waals surface area contributed by atoms with Gasteiger partial charge in [-0.3, -0.25) is 19.4 Å². The smallest absolute Gasteiger partial charge is 0.266 e. The van der Waals surface area contributed by atoms with Gasteiger partial charge >= 0.3 is 0 Å². The average molecular weight is 390 g/mol. The van der Waals surface area contributed by atoms with Crippen LogP contribution in [0.4, 0.5) is 0 Å². The van der Waals surface area contributed by atoms with Gasteiger partial charge in [-0.05, 0) is 56.8 Å². The van der Waals surface area contributed by atoms with Crippen molar-refractivity contribution in [1.82, 2.24) is 29.4 Å². The molecule has 1 atom stereocenters. The highest BCUT2D eigenvalue weighted by atomic mass is 16.1. The van der Waals surface area contributed by atoms with E-state index >= 15 is 0 Å². The zero-order valence-electron chi connectivity index (χ0n) is 16.6. The molecule has 0 radical (unpaired) electrons. The van der Waals surface area contributed by atoms with Crippen molar-refractivity contribution in [1.29, 1.82) is 0 Å². The molecule has 2 aliphatic rings. The molecule has 1 fully saturated rings. The maximum atomic E-state index is 12.5. The number of fused-ring (bicyclic) bond motifs is 1. The Hall–Kier alpha value is -2.80. The molecule has 0 amide bonds. The number of rotatable bonds is 5. The zero-order valence-corrected chi connectivity index (χ0v) is 16.6. The molecule has 29 heavy (non-hydrogen) atoms. The van der Waals surface area contributed by atoms with Crippen LogP contribution in [-0.4, -0.2) is 42.0 Å². The molecule has 0 spiro atoms. The Kier molecular flexibility index (Phi) is 4.97. The minimum absolute atomic E-state index is 0.0439. The van der Waals surface area contributed by atoms with E-state index in [4.69, 9.17) is 0 Å². The molecule has 7 nitrogen and oxygen atoms in total. The summed E-state index contributed by atoms with van der Waals surface area (Å²) in [6.07, 6.45) is 11.4. The van der Waals surface area contributed by atoms with Gasteiger partial charge in [-0.15, -0.1) is 0 Å². The van der Waals surface area contributed by atoms with Crippen molar-refractivity contribution in [2.24, 2.45) is 0 Å². The average Bonchev–Trinajstić information content (AvgIpc) is 3.38. The molecule has 0 bridgehead atoms. The van der Waals surface area contributed by atoms with E-state index in [1.54, 1.807) is 29.2 Å². The lowest BCUT2D eigenvalue weighted by Gasteiger charge is -2.25. The van der Waals surface area contributed by atoms with Crippen molar-refractivity contribution in [3.8, 4) is 11.3 Å². The van der Waals surface area contributed by atoms with Crippen molar-refractivity contribution in [3.63, 3.8) is 0 Å². The maximum Gasteiger partial charge on any atom is 0.266 e. The first-order valence-corrected chi connectivity index (χ1v) is 10.5. The Labute approximate surface area is 170 Å². The molecule has 0 aliphatic carbocycles. The molecule has 2 aliphatic heterocycles. The number of hydrogen-bond donors (Lipinski definition) is 0. The van der Waals surface area contributed by atoms with Crippen LogP contribution >= 0.6 is 0 Å². The summed E-state index contributed by atoms with van der Waals surface area (Å²) >= 11 is 0. The number of likely N-dealkylation sites (tertiary alicyclic amines) is 1. The fraction of sp³-hybridized carbons (Fsp3) is 0.455. The summed E-state index contributed by atoms with van der Waals surface area (Å²) in [7, 11) is 0. The van der Waals surface area contributed by atoms with E-state index in [1.807, 2.05) is 18.3 Å². The van der Waals surface area contributed by atoms with E-state index in [2.05, 4.69) is 24.8 Å². The summed E-state index contributed by atoms with van der Waals surface area (Å²) in [5.41, 5.74) is 4.49. The number of hydrogen-bond acceptors (Lipinski definition) is 5. The Balaban J connectivity index is 1.35. The van der Waals surface area contributed by atoms with Crippen molar-refractivity contribution in [3.05, 3.63) is 64.5 Å². The molecular formula is C22H26N6O. The van der Waals surface area contributed by atoms with Crippen molar-refractivity contribution in [2.45, 2.75) is 57.8 Å². The molecule has 7 heteroatoms. The van der Waals surface area contributed by atoms with Crippen molar-refractivity contribution >= 4 is 0 Å². The van der Waals surface area contributed by atoms with Gasteiger partial charge in [0.25, 0.3) is 5.56 Å². The van der Waals surface area contributed by atoms with Crippen LogP contribution < -0.4 is 5.56 Å². The minimum Gasteiger partial charge on any atom is -0.294 e. The van der Waals surface area contributed by atoms with Crippen LogP contribution in [0, 0.1) is 0 Å². The van der Waals surface area contributed by atoms with Gasteiger partial charge in [-0.2, -0.15) is 10.2 Å². The van der Waals surface area contributed by atoms with E-state index in [0.29, 0.717) is 12.6 Å². The minimum atomic E-state index is -0.0439. The Morgan fingerprint density at radius 3 is 2.83 bits per heavy atom. The monoisotopic (exact) mass is 390 g/mol. The molecule has 3 aromatic heterocycles. The third-order valence-corrected chi connectivity index (χ3v) is 6.17. The molecular weight excluding hydrogens is 364 g/mol. The van der Waals surface area contributed by atoms with Crippen molar-refractivity contribution < 1.29 is 0 Å². The van der Waals surface area contributed by atoms with Crippen LogP contribution in [-0.2, 0) is 26.1 Å². The van der Waals surface area contributed by atoms with E-state index < -0.39 is 0 Å². The van der Waals surface area contributed by atoms with Crippen LogP contribution in [0.1, 0.15) is 36.9 Å². The van der Waals surface area contributed by atoms with Gasteiger partial charge in [0.15, 0.2) is 0 Å². The Bertz CT molecular complexity index is 1040. The lowest BCUT2D eigenvalue weighted by molar-refractivity contribution is 0.216. The summed E-state index contributed by atoms with van der Waals surface area (Å²) in [6.45, 7) is 3.65. The van der Waals surface area contributed by atoms with Gasteiger partial charge in [0.2, 0.25) is 0 Å². The highest BCUT2D eigenvalue weighted by molar-refractivity contribution is 5.56.